The monoisotopic (exact) mass is 264 g/mol. The van der Waals surface area contributed by atoms with Crippen molar-refractivity contribution in [2.24, 2.45) is 0 Å². The van der Waals surface area contributed by atoms with Crippen molar-refractivity contribution in [1.82, 2.24) is 0 Å². The van der Waals surface area contributed by atoms with Crippen molar-refractivity contribution in [3.05, 3.63) is 29.6 Å². The van der Waals surface area contributed by atoms with Crippen LogP contribution in [0.1, 0.15) is 17.9 Å². The van der Waals surface area contributed by atoms with E-state index >= 15 is 0 Å². The van der Waals surface area contributed by atoms with E-state index in [1.54, 1.807) is 6.07 Å². The predicted octanol–water partition coefficient (Wildman–Crippen LogP) is 2.26. The van der Waals surface area contributed by atoms with Crippen LogP contribution in [0.15, 0.2) is 18.2 Å². The van der Waals surface area contributed by atoms with Gasteiger partial charge in [-0.3, -0.25) is 0 Å². The molecule has 1 aromatic carbocycles. The van der Waals surface area contributed by atoms with Crippen LogP contribution in [-0.4, -0.2) is 20.8 Å². The fourth-order valence-electron chi connectivity index (χ4n) is 1.87. The van der Waals surface area contributed by atoms with Crippen molar-refractivity contribution in [2.75, 3.05) is 12.4 Å². The van der Waals surface area contributed by atoms with Crippen molar-refractivity contribution in [1.29, 1.82) is 0 Å². The van der Waals surface area contributed by atoms with Gasteiger partial charge in [0.15, 0.2) is 11.6 Å². The molecule has 0 saturated heterocycles. The molecule has 3 nitrogen and oxygen atoms in total. The standard InChI is InChI=1S/C10H10ClFO3S/c11-16(13,14)6-7-4-5-15-10-8(7)2-1-3-9(10)12/h1-3,7H,4-6H2. The van der Waals surface area contributed by atoms with E-state index in [1.165, 1.54) is 12.1 Å². The lowest BCUT2D eigenvalue weighted by Gasteiger charge is -2.25. The molecule has 0 bridgehead atoms. The van der Waals surface area contributed by atoms with Crippen molar-refractivity contribution in [3.63, 3.8) is 0 Å². The van der Waals surface area contributed by atoms with E-state index in [1.807, 2.05) is 0 Å². The van der Waals surface area contributed by atoms with E-state index in [4.69, 9.17) is 15.4 Å². The zero-order chi connectivity index (χ0) is 11.8. The molecular formula is C10H10ClFO3S. The number of ether oxygens (including phenoxy) is 1. The minimum Gasteiger partial charge on any atom is -0.490 e. The minimum atomic E-state index is -3.59. The first kappa shape index (κ1) is 11.7. The maximum Gasteiger partial charge on any atom is 0.233 e. The number of hydrogen-bond donors (Lipinski definition) is 0. The molecule has 0 spiro atoms. The first-order valence-corrected chi connectivity index (χ1v) is 7.29. The largest absolute Gasteiger partial charge is 0.490 e. The normalized spacial score (nSPS) is 20.0. The highest BCUT2D eigenvalue weighted by atomic mass is 35.7. The molecule has 2 rings (SSSR count). The second-order valence-corrected chi connectivity index (χ2v) is 6.52. The van der Waals surface area contributed by atoms with Crippen LogP contribution < -0.4 is 4.74 Å². The summed E-state index contributed by atoms with van der Waals surface area (Å²) < 4.78 is 40.6. The summed E-state index contributed by atoms with van der Waals surface area (Å²) >= 11 is 0. The van der Waals surface area contributed by atoms with E-state index in [-0.39, 0.29) is 17.4 Å². The molecule has 1 heterocycles. The molecule has 1 aliphatic rings. The zero-order valence-electron chi connectivity index (χ0n) is 8.32. The average Bonchev–Trinajstić information content (AvgIpc) is 2.17. The van der Waals surface area contributed by atoms with Gasteiger partial charge in [0.25, 0.3) is 0 Å². The average molecular weight is 265 g/mol. The van der Waals surface area contributed by atoms with Gasteiger partial charge in [0.1, 0.15) is 0 Å². The molecule has 6 heteroatoms. The van der Waals surface area contributed by atoms with Crippen molar-refractivity contribution >= 4 is 19.7 Å². The number of rotatable bonds is 2. The fraction of sp³-hybridized carbons (Fsp3) is 0.400. The van der Waals surface area contributed by atoms with Gasteiger partial charge in [-0.1, -0.05) is 12.1 Å². The number of halogens is 2. The Bertz CT molecular complexity index is 501. The molecule has 0 N–H and O–H groups in total. The van der Waals surface area contributed by atoms with Gasteiger partial charge in [-0.15, -0.1) is 0 Å². The van der Waals surface area contributed by atoms with Crippen LogP contribution in [-0.2, 0) is 9.05 Å². The number of para-hydroxylation sites is 1. The van der Waals surface area contributed by atoms with Crippen molar-refractivity contribution < 1.29 is 17.5 Å². The minimum absolute atomic E-state index is 0.152. The Balaban J connectivity index is 2.37. The molecule has 0 saturated carbocycles. The van der Waals surface area contributed by atoms with E-state index in [9.17, 15) is 12.8 Å². The van der Waals surface area contributed by atoms with Gasteiger partial charge in [-0.25, -0.2) is 12.8 Å². The SMILES string of the molecule is O=S(=O)(Cl)CC1CCOc2c(F)cccc21. The molecule has 1 unspecified atom stereocenters. The Morgan fingerprint density at radius 1 is 1.50 bits per heavy atom. The molecule has 1 atom stereocenters. The quantitative estimate of drug-likeness (QED) is 0.770. The topological polar surface area (TPSA) is 43.4 Å². The predicted molar refractivity (Wildman–Crippen MR) is 58.9 cm³/mol. The summed E-state index contributed by atoms with van der Waals surface area (Å²) in [5, 5.41) is 0. The van der Waals surface area contributed by atoms with Crippen molar-refractivity contribution in [2.45, 2.75) is 12.3 Å². The summed E-state index contributed by atoms with van der Waals surface area (Å²) in [5.74, 6) is -0.788. The third kappa shape index (κ3) is 2.47. The molecule has 0 aromatic heterocycles. The summed E-state index contributed by atoms with van der Waals surface area (Å²) in [6.45, 7) is 0.311. The molecule has 1 aromatic rings. The lowest BCUT2D eigenvalue weighted by Crippen LogP contribution is -2.20. The molecular weight excluding hydrogens is 255 g/mol. The van der Waals surface area contributed by atoms with Crippen LogP contribution in [0.2, 0.25) is 0 Å². The van der Waals surface area contributed by atoms with Gasteiger partial charge in [-0.2, -0.15) is 0 Å². The van der Waals surface area contributed by atoms with Crippen LogP contribution in [0.5, 0.6) is 5.75 Å². The van der Waals surface area contributed by atoms with Crippen LogP contribution in [0.3, 0.4) is 0 Å². The third-order valence-corrected chi connectivity index (χ3v) is 3.73. The smallest absolute Gasteiger partial charge is 0.233 e. The Labute approximate surface area is 97.6 Å². The lowest BCUT2D eigenvalue weighted by molar-refractivity contribution is 0.259. The van der Waals surface area contributed by atoms with Gasteiger partial charge >= 0.3 is 0 Å². The summed E-state index contributed by atoms with van der Waals surface area (Å²) in [6, 6.07) is 4.50. The first-order chi connectivity index (χ1) is 7.47. The van der Waals surface area contributed by atoms with E-state index in [0.29, 0.717) is 18.6 Å². The second kappa shape index (κ2) is 4.22. The zero-order valence-corrected chi connectivity index (χ0v) is 9.89. The highest BCUT2D eigenvalue weighted by Crippen LogP contribution is 2.36. The van der Waals surface area contributed by atoms with E-state index in [2.05, 4.69) is 0 Å². The van der Waals surface area contributed by atoms with Crippen LogP contribution in [0.4, 0.5) is 4.39 Å². The Kier molecular flexibility index (Phi) is 3.08. The first-order valence-electron chi connectivity index (χ1n) is 4.81. The molecule has 1 aliphatic heterocycles. The Morgan fingerprint density at radius 3 is 2.94 bits per heavy atom. The van der Waals surface area contributed by atoms with Gasteiger partial charge in [0.05, 0.1) is 12.4 Å². The van der Waals surface area contributed by atoms with E-state index in [0.717, 1.165) is 0 Å². The summed E-state index contributed by atoms with van der Waals surface area (Å²) in [6.07, 6.45) is 0.530. The third-order valence-electron chi connectivity index (χ3n) is 2.55. The van der Waals surface area contributed by atoms with Gasteiger partial charge in [0, 0.05) is 22.2 Å². The summed E-state index contributed by atoms with van der Waals surface area (Å²) in [5.41, 5.74) is 0.579. The summed E-state index contributed by atoms with van der Waals surface area (Å²) in [7, 11) is 1.63. The van der Waals surface area contributed by atoms with Crippen LogP contribution in [0.25, 0.3) is 0 Å². The lowest BCUT2D eigenvalue weighted by atomic mass is 9.95. The molecule has 0 amide bonds. The fourth-order valence-corrected chi connectivity index (χ4v) is 3.15. The molecule has 16 heavy (non-hydrogen) atoms. The maximum atomic E-state index is 13.4. The maximum absolute atomic E-state index is 13.4. The molecule has 0 radical (unpaired) electrons. The number of fused-ring (bicyclic) bond motifs is 1. The van der Waals surface area contributed by atoms with Crippen LogP contribution >= 0.6 is 10.7 Å². The highest BCUT2D eigenvalue weighted by molar-refractivity contribution is 8.13. The Morgan fingerprint density at radius 2 is 2.25 bits per heavy atom. The van der Waals surface area contributed by atoms with Crippen LogP contribution in [0, 0.1) is 5.82 Å². The highest BCUT2D eigenvalue weighted by Gasteiger charge is 2.27. The van der Waals surface area contributed by atoms with Gasteiger partial charge in [0.2, 0.25) is 9.05 Å². The molecule has 0 fully saturated rings. The van der Waals surface area contributed by atoms with Crippen molar-refractivity contribution in [3.8, 4) is 5.75 Å². The Hall–Kier alpha value is -0.810. The van der Waals surface area contributed by atoms with E-state index < -0.39 is 14.9 Å². The number of hydrogen-bond acceptors (Lipinski definition) is 3. The second-order valence-electron chi connectivity index (χ2n) is 3.70. The molecule has 88 valence electrons. The van der Waals surface area contributed by atoms with Gasteiger partial charge in [-0.05, 0) is 12.5 Å². The molecule has 0 aliphatic carbocycles. The number of benzene rings is 1. The summed E-state index contributed by atoms with van der Waals surface area (Å²) in [4.78, 5) is 0. The van der Waals surface area contributed by atoms with Gasteiger partial charge < -0.3 is 4.74 Å².